The minimum atomic E-state index is -1.28. The van der Waals surface area contributed by atoms with Crippen molar-refractivity contribution in [2.45, 2.75) is 33.2 Å². The van der Waals surface area contributed by atoms with Gasteiger partial charge in [0.15, 0.2) is 6.61 Å². The van der Waals surface area contributed by atoms with Crippen molar-refractivity contribution in [1.82, 2.24) is 5.32 Å². The molecule has 0 saturated carbocycles. The van der Waals surface area contributed by atoms with E-state index in [0.717, 1.165) is 6.92 Å². The van der Waals surface area contributed by atoms with E-state index in [0.29, 0.717) is 0 Å². The normalized spacial score (nSPS) is 12.9. The smallest absolute Gasteiger partial charge is 0.326 e. The summed E-state index contributed by atoms with van der Waals surface area (Å²) < 4.78 is 9.19. The van der Waals surface area contributed by atoms with Gasteiger partial charge in [0.1, 0.15) is 6.04 Å². The Hall–Kier alpha value is -2.12. The van der Waals surface area contributed by atoms with E-state index in [1.807, 2.05) is 0 Å². The number of carboxylic acid groups (broad SMARTS) is 1. The van der Waals surface area contributed by atoms with Crippen LogP contribution in [0.25, 0.3) is 0 Å². The first-order valence-electron chi connectivity index (χ1n) is 6.10. The number of rotatable bonds is 8. The van der Waals surface area contributed by atoms with Crippen LogP contribution in [-0.4, -0.2) is 48.2 Å². The molecule has 0 aliphatic heterocycles. The highest BCUT2D eigenvalue weighted by Gasteiger charge is 2.26. The molecular formula is C12H19NO7. The molecule has 0 rings (SSSR count). The van der Waals surface area contributed by atoms with Crippen molar-refractivity contribution in [3.05, 3.63) is 0 Å². The lowest BCUT2D eigenvalue weighted by Gasteiger charge is -2.17. The molecule has 0 unspecified atom stereocenters. The first-order valence-corrected chi connectivity index (χ1v) is 6.10. The van der Waals surface area contributed by atoms with Crippen molar-refractivity contribution in [3.8, 4) is 0 Å². The topological polar surface area (TPSA) is 119 Å². The number of amides is 1. The molecule has 0 bridgehead atoms. The molecule has 114 valence electrons. The van der Waals surface area contributed by atoms with Gasteiger partial charge in [-0.1, -0.05) is 6.92 Å². The van der Waals surface area contributed by atoms with Crippen LogP contribution in [0.2, 0.25) is 0 Å². The van der Waals surface area contributed by atoms with Crippen molar-refractivity contribution in [2.24, 2.45) is 5.92 Å². The number of esters is 2. The van der Waals surface area contributed by atoms with E-state index in [2.05, 4.69) is 10.1 Å². The predicted octanol–water partition coefficient (Wildman–Crippen LogP) is -0.292. The first kappa shape index (κ1) is 17.9. The van der Waals surface area contributed by atoms with Gasteiger partial charge in [-0.15, -0.1) is 0 Å². The van der Waals surface area contributed by atoms with Gasteiger partial charge in [0.25, 0.3) is 5.91 Å². The van der Waals surface area contributed by atoms with Crippen LogP contribution in [-0.2, 0) is 28.7 Å². The molecule has 0 radical (unpaired) electrons. The number of hydrogen-bond acceptors (Lipinski definition) is 6. The zero-order valence-electron chi connectivity index (χ0n) is 11.7. The highest BCUT2D eigenvalue weighted by molar-refractivity contribution is 5.85. The van der Waals surface area contributed by atoms with Gasteiger partial charge in [0.05, 0.1) is 12.5 Å². The van der Waals surface area contributed by atoms with E-state index in [1.165, 1.54) is 6.92 Å². The fraction of sp³-hybridized carbons (Fsp3) is 0.667. The summed E-state index contributed by atoms with van der Waals surface area (Å²) in [6.07, 6.45) is -0.111. The molecule has 0 aromatic rings. The maximum absolute atomic E-state index is 11.4. The molecule has 0 aliphatic rings. The number of aliphatic carboxylic acids is 1. The van der Waals surface area contributed by atoms with Crippen LogP contribution in [0, 0.1) is 5.92 Å². The number of carbonyl (C=O) groups is 4. The molecule has 0 fully saturated rings. The van der Waals surface area contributed by atoms with E-state index in [9.17, 15) is 19.2 Å². The molecule has 0 aromatic carbocycles. The van der Waals surface area contributed by atoms with E-state index in [4.69, 9.17) is 9.84 Å². The second kappa shape index (κ2) is 8.89. The molecule has 8 nitrogen and oxygen atoms in total. The fourth-order valence-corrected chi connectivity index (χ4v) is 1.36. The van der Waals surface area contributed by atoms with E-state index in [-0.39, 0.29) is 13.0 Å². The van der Waals surface area contributed by atoms with Crippen molar-refractivity contribution < 1.29 is 33.8 Å². The molecule has 0 saturated heterocycles. The SMILES string of the molecule is CCOC(=O)[C@@H](C)C[C@H](NC(=O)COC(C)=O)C(=O)O. The number of hydrogen-bond donors (Lipinski definition) is 2. The van der Waals surface area contributed by atoms with Gasteiger partial charge < -0.3 is 19.9 Å². The summed E-state index contributed by atoms with van der Waals surface area (Å²) in [5.41, 5.74) is 0. The highest BCUT2D eigenvalue weighted by atomic mass is 16.5. The van der Waals surface area contributed by atoms with Gasteiger partial charge in [0, 0.05) is 6.92 Å². The van der Waals surface area contributed by atoms with Crippen molar-refractivity contribution in [2.75, 3.05) is 13.2 Å². The van der Waals surface area contributed by atoms with E-state index < -0.39 is 42.4 Å². The molecule has 20 heavy (non-hydrogen) atoms. The second-order valence-corrected chi connectivity index (χ2v) is 4.13. The Morgan fingerprint density at radius 2 is 1.80 bits per heavy atom. The lowest BCUT2D eigenvalue weighted by atomic mass is 10.0. The molecule has 0 aliphatic carbocycles. The van der Waals surface area contributed by atoms with E-state index >= 15 is 0 Å². The third kappa shape index (κ3) is 7.34. The van der Waals surface area contributed by atoms with Crippen LogP contribution >= 0.6 is 0 Å². The first-order chi connectivity index (χ1) is 9.27. The zero-order valence-corrected chi connectivity index (χ0v) is 11.7. The van der Waals surface area contributed by atoms with Gasteiger partial charge in [-0.05, 0) is 13.3 Å². The monoisotopic (exact) mass is 289 g/mol. The summed E-state index contributed by atoms with van der Waals surface area (Å²) >= 11 is 0. The standard InChI is InChI=1S/C12H19NO7/c1-4-19-12(18)7(2)5-9(11(16)17)13-10(15)6-20-8(3)14/h7,9H,4-6H2,1-3H3,(H,13,15)(H,16,17)/t7-,9-/m0/s1. The molecule has 2 atom stereocenters. The number of nitrogens with one attached hydrogen (secondary N) is 1. The average molecular weight is 289 g/mol. The maximum atomic E-state index is 11.4. The number of ether oxygens (including phenoxy) is 2. The summed E-state index contributed by atoms with van der Waals surface area (Å²) in [5.74, 6) is -3.88. The Bertz CT molecular complexity index is 380. The Labute approximate surface area is 116 Å². The summed E-state index contributed by atoms with van der Waals surface area (Å²) in [6, 6.07) is -1.25. The van der Waals surface area contributed by atoms with Crippen LogP contribution in [0.4, 0.5) is 0 Å². The van der Waals surface area contributed by atoms with Crippen LogP contribution in [0.3, 0.4) is 0 Å². The van der Waals surface area contributed by atoms with Crippen LogP contribution in [0.5, 0.6) is 0 Å². The summed E-state index contributed by atoms with van der Waals surface area (Å²) in [7, 11) is 0. The summed E-state index contributed by atoms with van der Waals surface area (Å²) in [6.45, 7) is 3.91. The lowest BCUT2D eigenvalue weighted by molar-refractivity contribution is -0.150. The lowest BCUT2D eigenvalue weighted by Crippen LogP contribution is -2.44. The Balaban J connectivity index is 4.43. The van der Waals surface area contributed by atoms with Gasteiger partial charge in [0.2, 0.25) is 0 Å². The summed E-state index contributed by atoms with van der Waals surface area (Å²) in [4.78, 5) is 44.3. The van der Waals surface area contributed by atoms with Gasteiger partial charge in [-0.25, -0.2) is 4.79 Å². The predicted molar refractivity (Wildman–Crippen MR) is 66.6 cm³/mol. The molecule has 1 amide bonds. The largest absolute Gasteiger partial charge is 0.480 e. The molecule has 8 heteroatoms. The molecule has 2 N–H and O–H groups in total. The third-order valence-corrected chi connectivity index (χ3v) is 2.32. The van der Waals surface area contributed by atoms with Crippen molar-refractivity contribution in [1.29, 1.82) is 0 Å². The minimum absolute atomic E-state index is 0.111. The molecule has 0 spiro atoms. The van der Waals surface area contributed by atoms with Crippen LogP contribution in [0.15, 0.2) is 0 Å². The molecular weight excluding hydrogens is 270 g/mol. The third-order valence-electron chi connectivity index (χ3n) is 2.32. The fourth-order valence-electron chi connectivity index (χ4n) is 1.36. The maximum Gasteiger partial charge on any atom is 0.326 e. The summed E-state index contributed by atoms with van der Waals surface area (Å²) in [5, 5.41) is 11.2. The van der Waals surface area contributed by atoms with Crippen LogP contribution in [0.1, 0.15) is 27.2 Å². The van der Waals surface area contributed by atoms with E-state index in [1.54, 1.807) is 6.92 Å². The van der Waals surface area contributed by atoms with Gasteiger partial charge in [-0.3, -0.25) is 14.4 Å². The zero-order chi connectivity index (χ0) is 15.7. The Kier molecular flexibility index (Phi) is 7.95. The van der Waals surface area contributed by atoms with Crippen molar-refractivity contribution >= 4 is 23.8 Å². The van der Waals surface area contributed by atoms with Gasteiger partial charge in [-0.2, -0.15) is 0 Å². The quantitative estimate of drug-likeness (QED) is 0.589. The molecule has 0 heterocycles. The molecule has 0 aromatic heterocycles. The Morgan fingerprint density at radius 1 is 1.20 bits per heavy atom. The highest BCUT2D eigenvalue weighted by Crippen LogP contribution is 2.09. The second-order valence-electron chi connectivity index (χ2n) is 4.13. The number of carboxylic acids is 1. The Morgan fingerprint density at radius 3 is 2.25 bits per heavy atom. The number of carbonyl (C=O) groups excluding carboxylic acids is 3. The van der Waals surface area contributed by atoms with Crippen molar-refractivity contribution in [3.63, 3.8) is 0 Å². The van der Waals surface area contributed by atoms with Crippen LogP contribution < -0.4 is 5.32 Å². The minimum Gasteiger partial charge on any atom is -0.480 e. The average Bonchev–Trinajstić information content (AvgIpc) is 2.35. The van der Waals surface area contributed by atoms with Gasteiger partial charge >= 0.3 is 17.9 Å².